The molecule has 0 saturated heterocycles. The van der Waals surface area contributed by atoms with Gasteiger partial charge >= 0.3 is 0 Å². The lowest BCUT2D eigenvalue weighted by molar-refractivity contribution is -0.114. The molecule has 1 N–H and O–H groups in total. The molecule has 0 radical (unpaired) electrons. The summed E-state index contributed by atoms with van der Waals surface area (Å²) in [6, 6.07) is 6.57. The summed E-state index contributed by atoms with van der Waals surface area (Å²) in [5.41, 5.74) is 1.42. The summed E-state index contributed by atoms with van der Waals surface area (Å²) >= 11 is 3.59. The molecule has 2 unspecified atom stereocenters. The van der Waals surface area contributed by atoms with Crippen LogP contribution >= 0.6 is 15.9 Å². The minimum atomic E-state index is 0.196. The van der Waals surface area contributed by atoms with Crippen molar-refractivity contribution >= 4 is 15.9 Å². The van der Waals surface area contributed by atoms with Crippen LogP contribution in [0.2, 0.25) is 0 Å². The zero-order chi connectivity index (χ0) is 14.8. The van der Waals surface area contributed by atoms with Crippen LogP contribution in [0.1, 0.15) is 32.8 Å². The third-order valence-electron chi connectivity index (χ3n) is 4.34. The predicted octanol–water partition coefficient (Wildman–Crippen LogP) is 3.75. The van der Waals surface area contributed by atoms with Gasteiger partial charge in [-0.1, -0.05) is 29.8 Å². The number of benzene rings is 1. The van der Waals surface area contributed by atoms with Crippen molar-refractivity contribution in [3.63, 3.8) is 0 Å². The van der Waals surface area contributed by atoms with Gasteiger partial charge in [0, 0.05) is 29.1 Å². The Balaban J connectivity index is 1.93. The van der Waals surface area contributed by atoms with Crippen LogP contribution in [0.15, 0.2) is 22.7 Å². The van der Waals surface area contributed by atoms with Gasteiger partial charge in [0.05, 0.1) is 13.2 Å². The van der Waals surface area contributed by atoms with E-state index in [4.69, 9.17) is 9.47 Å². The van der Waals surface area contributed by atoms with Gasteiger partial charge in [-0.05, 0) is 37.1 Å². The van der Waals surface area contributed by atoms with E-state index in [1.54, 1.807) is 7.11 Å². The molecule has 2 atom stereocenters. The Labute approximate surface area is 130 Å². The van der Waals surface area contributed by atoms with Gasteiger partial charge < -0.3 is 14.8 Å². The van der Waals surface area contributed by atoms with Crippen LogP contribution in [0.5, 0.6) is 5.75 Å². The predicted molar refractivity (Wildman–Crippen MR) is 85.1 cm³/mol. The lowest BCUT2D eigenvalue weighted by Gasteiger charge is -2.52. The van der Waals surface area contributed by atoms with E-state index in [1.165, 1.54) is 5.56 Å². The minimum Gasteiger partial charge on any atom is -0.497 e. The van der Waals surface area contributed by atoms with Crippen LogP contribution in [-0.2, 0) is 11.3 Å². The van der Waals surface area contributed by atoms with E-state index in [2.05, 4.69) is 48.1 Å². The molecule has 1 aromatic carbocycles. The first-order chi connectivity index (χ1) is 9.48. The molecule has 0 aromatic heterocycles. The van der Waals surface area contributed by atoms with Crippen LogP contribution in [0.3, 0.4) is 0 Å². The van der Waals surface area contributed by atoms with Crippen molar-refractivity contribution in [2.45, 2.75) is 45.9 Å². The average molecular weight is 342 g/mol. The summed E-state index contributed by atoms with van der Waals surface area (Å²) in [6.45, 7) is 8.24. The largest absolute Gasteiger partial charge is 0.497 e. The SMILES string of the molecule is CCOC1CC(NCc2cc(OC)ccc2Br)C1(C)C. The van der Waals surface area contributed by atoms with Gasteiger partial charge in [0.15, 0.2) is 0 Å². The van der Waals surface area contributed by atoms with Crippen LogP contribution in [0.4, 0.5) is 0 Å². The highest BCUT2D eigenvalue weighted by atomic mass is 79.9. The van der Waals surface area contributed by atoms with E-state index in [1.807, 2.05) is 12.1 Å². The fraction of sp³-hybridized carbons (Fsp3) is 0.625. The summed E-state index contributed by atoms with van der Waals surface area (Å²) < 4.78 is 12.2. The van der Waals surface area contributed by atoms with Crippen molar-refractivity contribution in [2.24, 2.45) is 5.41 Å². The van der Waals surface area contributed by atoms with Crippen molar-refractivity contribution in [3.8, 4) is 5.75 Å². The summed E-state index contributed by atoms with van der Waals surface area (Å²) in [7, 11) is 1.70. The summed E-state index contributed by atoms with van der Waals surface area (Å²) in [5.74, 6) is 0.894. The van der Waals surface area contributed by atoms with Crippen molar-refractivity contribution < 1.29 is 9.47 Å². The normalized spacial score (nSPS) is 24.2. The van der Waals surface area contributed by atoms with Crippen LogP contribution in [0.25, 0.3) is 0 Å². The summed E-state index contributed by atoms with van der Waals surface area (Å²) in [6.07, 6.45) is 1.46. The molecular weight excluding hydrogens is 318 g/mol. The lowest BCUT2D eigenvalue weighted by atomic mass is 9.64. The first-order valence-electron chi connectivity index (χ1n) is 7.16. The molecule has 112 valence electrons. The van der Waals surface area contributed by atoms with E-state index in [-0.39, 0.29) is 5.41 Å². The highest BCUT2D eigenvalue weighted by Crippen LogP contribution is 2.43. The van der Waals surface area contributed by atoms with Crippen LogP contribution in [-0.4, -0.2) is 25.9 Å². The molecule has 1 aromatic rings. The molecule has 1 aliphatic rings. The van der Waals surface area contributed by atoms with Gasteiger partial charge in [0.2, 0.25) is 0 Å². The first kappa shape index (κ1) is 15.8. The van der Waals surface area contributed by atoms with Crippen LogP contribution < -0.4 is 10.1 Å². The molecule has 1 fully saturated rings. The fourth-order valence-corrected chi connectivity index (χ4v) is 3.15. The van der Waals surface area contributed by atoms with E-state index in [0.717, 1.165) is 29.8 Å². The van der Waals surface area contributed by atoms with E-state index in [9.17, 15) is 0 Å². The first-order valence-corrected chi connectivity index (χ1v) is 7.95. The van der Waals surface area contributed by atoms with Gasteiger partial charge in [0.25, 0.3) is 0 Å². The lowest BCUT2D eigenvalue weighted by Crippen LogP contribution is -2.60. The molecule has 1 aliphatic carbocycles. The quantitative estimate of drug-likeness (QED) is 0.854. The number of hydrogen-bond acceptors (Lipinski definition) is 3. The molecule has 20 heavy (non-hydrogen) atoms. The van der Waals surface area contributed by atoms with Crippen molar-refractivity contribution in [1.29, 1.82) is 0 Å². The second-order valence-corrected chi connectivity index (χ2v) is 6.75. The van der Waals surface area contributed by atoms with E-state index < -0.39 is 0 Å². The highest BCUT2D eigenvalue weighted by molar-refractivity contribution is 9.10. The number of hydrogen-bond donors (Lipinski definition) is 1. The molecule has 1 saturated carbocycles. The molecule has 0 aliphatic heterocycles. The fourth-order valence-electron chi connectivity index (χ4n) is 2.76. The summed E-state index contributed by atoms with van der Waals surface area (Å²) in [4.78, 5) is 0. The van der Waals surface area contributed by atoms with E-state index >= 15 is 0 Å². The Hall–Kier alpha value is -0.580. The number of methoxy groups -OCH3 is 1. The molecular formula is C16H24BrNO2. The standard InChI is InChI=1S/C16H24BrNO2/c1-5-20-15-9-14(16(15,2)3)18-10-11-8-12(19-4)6-7-13(11)17/h6-8,14-15,18H,5,9-10H2,1-4H3. The second-order valence-electron chi connectivity index (χ2n) is 5.89. The van der Waals surface area contributed by atoms with Crippen molar-refractivity contribution in [3.05, 3.63) is 28.2 Å². The van der Waals surface area contributed by atoms with Gasteiger partial charge in [-0.3, -0.25) is 0 Å². The van der Waals surface area contributed by atoms with Gasteiger partial charge in [-0.2, -0.15) is 0 Å². The van der Waals surface area contributed by atoms with Crippen molar-refractivity contribution in [2.75, 3.05) is 13.7 Å². The Morgan fingerprint density at radius 1 is 1.40 bits per heavy atom. The molecule has 2 rings (SSSR count). The topological polar surface area (TPSA) is 30.5 Å². The molecule has 0 spiro atoms. The Kier molecular flexibility index (Phi) is 5.10. The third-order valence-corrected chi connectivity index (χ3v) is 5.11. The number of ether oxygens (including phenoxy) is 2. The molecule has 3 nitrogen and oxygen atoms in total. The maximum atomic E-state index is 5.77. The van der Waals surface area contributed by atoms with Gasteiger partial charge in [-0.15, -0.1) is 0 Å². The maximum Gasteiger partial charge on any atom is 0.119 e. The maximum absolute atomic E-state index is 5.77. The average Bonchev–Trinajstić information content (AvgIpc) is 2.43. The highest BCUT2D eigenvalue weighted by Gasteiger charge is 2.48. The Bertz CT molecular complexity index is 462. The molecule has 0 amide bonds. The minimum absolute atomic E-state index is 0.196. The molecule has 0 heterocycles. The smallest absolute Gasteiger partial charge is 0.119 e. The van der Waals surface area contributed by atoms with E-state index in [0.29, 0.717) is 12.1 Å². The summed E-state index contributed by atoms with van der Waals surface area (Å²) in [5, 5.41) is 3.64. The second kappa shape index (κ2) is 6.46. The third kappa shape index (κ3) is 3.18. The van der Waals surface area contributed by atoms with Gasteiger partial charge in [-0.25, -0.2) is 0 Å². The van der Waals surface area contributed by atoms with Crippen LogP contribution in [0, 0.1) is 5.41 Å². The van der Waals surface area contributed by atoms with Crippen molar-refractivity contribution in [1.82, 2.24) is 5.32 Å². The molecule has 4 heteroatoms. The van der Waals surface area contributed by atoms with Gasteiger partial charge in [0.1, 0.15) is 5.75 Å². The zero-order valence-electron chi connectivity index (χ0n) is 12.7. The number of halogens is 1. The Morgan fingerprint density at radius 2 is 2.15 bits per heavy atom. The number of rotatable bonds is 6. The zero-order valence-corrected chi connectivity index (χ0v) is 14.3. The monoisotopic (exact) mass is 341 g/mol. The Morgan fingerprint density at radius 3 is 2.75 bits per heavy atom. The molecule has 0 bridgehead atoms. The number of nitrogens with one attached hydrogen (secondary N) is 1.